The van der Waals surface area contributed by atoms with E-state index in [0.29, 0.717) is 5.92 Å². The molecule has 0 aromatic heterocycles. The fourth-order valence-electron chi connectivity index (χ4n) is 1.51. The maximum absolute atomic E-state index is 6.29. The molecule has 0 saturated carbocycles. The van der Waals surface area contributed by atoms with Crippen molar-refractivity contribution in [2.24, 2.45) is 5.92 Å². The Kier molecular flexibility index (Phi) is 9.57. The molecule has 0 radical (unpaired) electrons. The summed E-state index contributed by atoms with van der Waals surface area (Å²) in [6.07, 6.45) is 3.35. The van der Waals surface area contributed by atoms with Crippen LogP contribution in [0.4, 0.5) is 0 Å². The van der Waals surface area contributed by atoms with Gasteiger partial charge < -0.3 is 11.4 Å². The normalized spacial score (nSPS) is 18.2. The van der Waals surface area contributed by atoms with Crippen LogP contribution in [0, 0.1) is 5.92 Å². The molecule has 0 fully saturated rings. The Morgan fingerprint density at radius 2 is 1.32 bits per heavy atom. The van der Waals surface area contributed by atoms with Crippen molar-refractivity contribution in [2.75, 3.05) is 0 Å². The molecule has 0 aliphatic rings. The summed E-state index contributed by atoms with van der Waals surface area (Å²) in [4.78, 5) is 0. The molecule has 0 aromatic rings. The van der Waals surface area contributed by atoms with Crippen molar-refractivity contribution >= 4 is 15.1 Å². The second kappa shape index (κ2) is 9.37. The molecule has 0 amide bonds. The molecule has 0 spiro atoms. The molecule has 3 unspecified atom stereocenters. The summed E-state index contributed by atoms with van der Waals surface area (Å²) < 4.78 is 18.3. The largest absolute Gasteiger partial charge is 0.906 e. The van der Waals surface area contributed by atoms with Crippen LogP contribution in [0.15, 0.2) is 0 Å². The van der Waals surface area contributed by atoms with Crippen molar-refractivity contribution in [1.29, 1.82) is 0 Å². The van der Waals surface area contributed by atoms with E-state index < -0.39 is 15.1 Å². The van der Waals surface area contributed by atoms with E-state index in [4.69, 9.17) is 11.4 Å². The minimum absolute atomic E-state index is 0.155. The van der Waals surface area contributed by atoms with Crippen molar-refractivity contribution < 1.29 is 11.4 Å². The summed E-state index contributed by atoms with van der Waals surface area (Å²) in [6, 6.07) is 0. The zero-order chi connectivity index (χ0) is 15.1. The molecule has 0 heterocycles. The van der Waals surface area contributed by atoms with Crippen molar-refractivity contribution in [1.82, 2.24) is 0 Å². The van der Waals surface area contributed by atoms with Gasteiger partial charge in [0.2, 0.25) is 0 Å². The highest BCUT2D eigenvalue weighted by atomic mass is 27.3. The van der Waals surface area contributed by atoms with Gasteiger partial charge in [0.05, 0.1) is 0 Å². The van der Waals surface area contributed by atoms with Crippen LogP contribution in [0.3, 0.4) is 0 Å². The lowest BCUT2D eigenvalue weighted by molar-refractivity contribution is -0.0493. The Balaban J connectivity index is 4.72. The molecule has 0 aromatic carbocycles. The van der Waals surface area contributed by atoms with E-state index >= 15 is 0 Å². The van der Waals surface area contributed by atoms with Crippen LogP contribution in [0.25, 0.3) is 0 Å². The summed E-state index contributed by atoms with van der Waals surface area (Å²) in [7, 11) is 0. The lowest BCUT2D eigenvalue weighted by Crippen LogP contribution is -2.45. The van der Waals surface area contributed by atoms with Crippen molar-refractivity contribution in [2.45, 2.75) is 92.5 Å². The van der Waals surface area contributed by atoms with Crippen molar-refractivity contribution in [3.05, 3.63) is 0 Å². The quantitative estimate of drug-likeness (QED) is 0.556. The zero-order valence-electron chi connectivity index (χ0n) is 14.2. The minimum Gasteiger partial charge on any atom is -0.452 e. The summed E-state index contributed by atoms with van der Waals surface area (Å²) in [6.45, 7) is 17.1. The summed E-state index contributed by atoms with van der Waals surface area (Å²) in [5.74, 6) is 0.452. The van der Waals surface area contributed by atoms with Gasteiger partial charge in [0.1, 0.15) is 0 Å². The predicted molar refractivity (Wildman–Crippen MR) is 82.0 cm³/mol. The van der Waals surface area contributed by atoms with Gasteiger partial charge in [-0.25, -0.2) is 0 Å². The lowest BCUT2D eigenvalue weighted by Gasteiger charge is -2.36. The molecule has 19 heavy (non-hydrogen) atoms. The molecule has 114 valence electrons. The van der Waals surface area contributed by atoms with Crippen LogP contribution in [-0.4, -0.2) is 33.0 Å². The van der Waals surface area contributed by atoms with E-state index in [1.54, 1.807) is 0 Å². The van der Waals surface area contributed by atoms with Crippen LogP contribution in [0.5, 0.6) is 0 Å². The second-order valence-corrected chi connectivity index (χ2v) is 7.29. The van der Waals surface area contributed by atoms with E-state index in [1.165, 1.54) is 0 Å². The molecule has 3 atom stereocenters. The third-order valence-corrected chi connectivity index (χ3v) is 6.23. The van der Waals surface area contributed by atoms with E-state index in [9.17, 15) is 0 Å². The third-order valence-electron chi connectivity index (χ3n) is 4.13. The Labute approximate surface area is 125 Å². The number of rotatable bonds is 10. The van der Waals surface area contributed by atoms with Crippen molar-refractivity contribution in [3.63, 3.8) is 0 Å². The molecule has 3 nitrogen and oxygen atoms in total. The minimum atomic E-state index is -2.08. The molecule has 4 heteroatoms. The lowest BCUT2D eigenvalue weighted by atomic mass is 9.90. The van der Waals surface area contributed by atoms with Crippen LogP contribution in [-0.2, 0) is 11.4 Å². The van der Waals surface area contributed by atoms with E-state index in [1.807, 2.05) is 0 Å². The van der Waals surface area contributed by atoms with E-state index in [-0.39, 0.29) is 17.8 Å². The van der Waals surface area contributed by atoms with Gasteiger partial charge in [-0.1, -0.05) is 34.6 Å². The Morgan fingerprint density at radius 3 is 1.58 bits per heavy atom. The highest BCUT2D eigenvalue weighted by Gasteiger charge is 2.42. The molecule has 0 aliphatic heterocycles. The first kappa shape index (κ1) is 19.4. The van der Waals surface area contributed by atoms with E-state index in [0.717, 1.165) is 19.3 Å². The molecular formula is C15H33AlO3. The monoisotopic (exact) mass is 288 g/mol. The molecule has 0 N–H and O–H groups in total. The second-order valence-electron chi connectivity index (χ2n) is 5.94. The van der Waals surface area contributed by atoms with Crippen LogP contribution < -0.4 is 0 Å². The van der Waals surface area contributed by atoms with Gasteiger partial charge in [0.25, 0.3) is 0 Å². The third kappa shape index (κ3) is 7.11. The van der Waals surface area contributed by atoms with Crippen LogP contribution >= 0.6 is 0 Å². The highest BCUT2D eigenvalue weighted by Crippen LogP contribution is 2.27. The van der Waals surface area contributed by atoms with Crippen LogP contribution in [0.2, 0.25) is 0 Å². The SMILES string of the molecule is CCC(C)[O][Al]([O]C(C)CC)[O]C(C)(CC)C(C)C. The molecule has 0 bridgehead atoms. The topological polar surface area (TPSA) is 27.7 Å². The molecule has 0 saturated heterocycles. The summed E-state index contributed by atoms with van der Waals surface area (Å²) in [5.41, 5.74) is -0.155. The average molecular weight is 288 g/mol. The first-order valence-corrected chi connectivity index (χ1v) is 9.19. The predicted octanol–water partition coefficient (Wildman–Crippen LogP) is 4.44. The maximum atomic E-state index is 6.29. The maximum Gasteiger partial charge on any atom is 0.906 e. The fraction of sp³-hybridized carbons (Fsp3) is 1.00. The standard InChI is InChI=1S/C7H15O.2C4H9O.Al/c1-5-7(4,8)6(2)3;2*1-3-4(2)5;/h6H,5H2,1-4H3;2*4H,3H2,1-2H3;/q3*-1;+3. The molecule has 0 rings (SSSR count). The van der Waals surface area contributed by atoms with Gasteiger partial charge in [-0.15, -0.1) is 0 Å². The Bertz CT molecular complexity index is 223. The first-order valence-electron chi connectivity index (χ1n) is 7.77. The molecule has 0 aliphatic carbocycles. The van der Waals surface area contributed by atoms with Gasteiger partial charge in [-0.2, -0.15) is 0 Å². The Morgan fingerprint density at radius 1 is 0.895 bits per heavy atom. The van der Waals surface area contributed by atoms with Gasteiger partial charge in [-0.05, 0) is 46.0 Å². The van der Waals surface area contributed by atoms with Gasteiger partial charge in [-0.3, -0.25) is 0 Å². The number of hydrogen-bond donors (Lipinski definition) is 0. The van der Waals surface area contributed by atoms with Crippen LogP contribution in [0.1, 0.15) is 74.7 Å². The first-order chi connectivity index (χ1) is 8.78. The number of hydrogen-bond acceptors (Lipinski definition) is 3. The smallest absolute Gasteiger partial charge is 0.452 e. The van der Waals surface area contributed by atoms with Crippen molar-refractivity contribution in [3.8, 4) is 0 Å². The highest BCUT2D eigenvalue weighted by molar-refractivity contribution is 6.36. The van der Waals surface area contributed by atoms with Gasteiger partial charge in [0, 0.05) is 17.8 Å². The zero-order valence-corrected chi connectivity index (χ0v) is 15.3. The summed E-state index contributed by atoms with van der Waals surface area (Å²) >= 11 is -2.08. The van der Waals surface area contributed by atoms with E-state index in [2.05, 4.69) is 55.4 Å². The average Bonchev–Trinajstić information content (AvgIpc) is 2.37. The molecular weight excluding hydrogens is 255 g/mol. The fourth-order valence-corrected chi connectivity index (χ4v) is 3.70. The summed E-state index contributed by atoms with van der Waals surface area (Å²) in [5, 5.41) is 0. The Hall–Kier alpha value is 0.412. The van der Waals surface area contributed by atoms with Gasteiger partial charge in [0.15, 0.2) is 0 Å². The van der Waals surface area contributed by atoms with Gasteiger partial charge >= 0.3 is 15.1 Å².